The van der Waals surface area contributed by atoms with Gasteiger partial charge >= 0.3 is 0 Å². The van der Waals surface area contributed by atoms with E-state index in [0.29, 0.717) is 6.04 Å². The van der Waals surface area contributed by atoms with Crippen LogP contribution in [-0.2, 0) is 6.54 Å². The zero-order chi connectivity index (χ0) is 12.3. The van der Waals surface area contributed by atoms with Gasteiger partial charge in [0.05, 0.1) is 6.54 Å². The number of rotatable bonds is 5. The van der Waals surface area contributed by atoms with E-state index in [1.165, 1.54) is 10.6 Å². The lowest BCUT2D eigenvalue weighted by atomic mass is 10.1. The van der Waals surface area contributed by atoms with E-state index in [1.54, 1.807) is 11.3 Å². The molecule has 0 aliphatic rings. The molecular formula is C13H19N3S. The van der Waals surface area contributed by atoms with Crippen LogP contribution in [0.3, 0.4) is 0 Å². The van der Waals surface area contributed by atoms with Crippen LogP contribution in [0.5, 0.6) is 0 Å². The largest absolute Gasteiger partial charge is 0.347 e. The van der Waals surface area contributed by atoms with Crippen LogP contribution < -0.4 is 5.32 Å². The first-order valence-electron chi connectivity index (χ1n) is 5.97. The molecule has 2 aromatic rings. The van der Waals surface area contributed by atoms with E-state index in [1.807, 2.05) is 14.0 Å². The second kappa shape index (κ2) is 5.47. The summed E-state index contributed by atoms with van der Waals surface area (Å²) in [6.45, 7) is 5.11. The highest BCUT2D eigenvalue weighted by Crippen LogP contribution is 2.17. The van der Waals surface area contributed by atoms with Gasteiger partial charge in [-0.1, -0.05) is 6.92 Å². The van der Waals surface area contributed by atoms with Gasteiger partial charge in [0, 0.05) is 29.5 Å². The molecule has 0 aliphatic carbocycles. The quantitative estimate of drug-likeness (QED) is 0.883. The minimum Gasteiger partial charge on any atom is -0.347 e. The number of thiazole rings is 1. The molecule has 0 aromatic carbocycles. The summed E-state index contributed by atoms with van der Waals surface area (Å²) in [4.78, 5) is 4.48. The van der Waals surface area contributed by atoms with Crippen LogP contribution in [0.25, 0.3) is 0 Å². The number of aromatic nitrogens is 2. The molecule has 2 rings (SSSR count). The summed E-state index contributed by atoms with van der Waals surface area (Å²) in [6, 6.07) is 2.64. The van der Waals surface area contributed by atoms with Crippen LogP contribution in [-0.4, -0.2) is 16.6 Å². The third-order valence-electron chi connectivity index (χ3n) is 2.92. The Balaban J connectivity index is 2.08. The van der Waals surface area contributed by atoms with Crippen molar-refractivity contribution in [3.63, 3.8) is 0 Å². The molecule has 92 valence electrons. The lowest BCUT2D eigenvalue weighted by Gasteiger charge is -2.11. The SMILES string of the molecule is CCC(NC)c1ccn(Cc2nc(C)cs2)c1. The van der Waals surface area contributed by atoms with E-state index in [9.17, 15) is 0 Å². The Kier molecular flexibility index (Phi) is 3.97. The average molecular weight is 249 g/mol. The summed E-state index contributed by atoms with van der Waals surface area (Å²) in [7, 11) is 2.01. The topological polar surface area (TPSA) is 29.9 Å². The minimum absolute atomic E-state index is 0.453. The predicted octanol–water partition coefficient (Wildman–Crippen LogP) is 2.97. The molecule has 0 fully saturated rings. The molecule has 1 atom stereocenters. The van der Waals surface area contributed by atoms with Gasteiger partial charge in [-0.05, 0) is 32.0 Å². The highest BCUT2D eigenvalue weighted by molar-refractivity contribution is 7.09. The second-order valence-electron chi connectivity index (χ2n) is 4.25. The summed E-state index contributed by atoms with van der Waals surface area (Å²) in [5.74, 6) is 0. The van der Waals surface area contributed by atoms with Crippen molar-refractivity contribution in [2.24, 2.45) is 0 Å². The molecule has 1 unspecified atom stereocenters. The molecule has 17 heavy (non-hydrogen) atoms. The molecule has 0 bridgehead atoms. The Bertz CT molecular complexity index is 468. The standard InChI is InChI=1S/C13H19N3S/c1-4-12(14-3)11-5-6-16(7-11)8-13-15-10(2)9-17-13/h5-7,9,12,14H,4,8H2,1-3H3. The first kappa shape index (κ1) is 12.3. The smallest absolute Gasteiger partial charge is 0.113 e. The van der Waals surface area contributed by atoms with Crippen LogP contribution in [0.1, 0.15) is 35.7 Å². The molecule has 0 saturated heterocycles. The van der Waals surface area contributed by atoms with Crippen molar-refractivity contribution in [1.82, 2.24) is 14.9 Å². The second-order valence-corrected chi connectivity index (χ2v) is 5.19. The molecule has 0 radical (unpaired) electrons. The highest BCUT2D eigenvalue weighted by atomic mass is 32.1. The minimum atomic E-state index is 0.453. The third kappa shape index (κ3) is 2.96. The Hall–Kier alpha value is -1.13. The van der Waals surface area contributed by atoms with E-state index >= 15 is 0 Å². The molecule has 4 heteroatoms. The summed E-state index contributed by atoms with van der Waals surface area (Å²) in [5.41, 5.74) is 2.46. The fourth-order valence-corrected chi connectivity index (χ4v) is 2.78. The first-order valence-corrected chi connectivity index (χ1v) is 6.84. The molecule has 1 N–H and O–H groups in total. The number of hydrogen-bond acceptors (Lipinski definition) is 3. The van der Waals surface area contributed by atoms with E-state index < -0.39 is 0 Å². The maximum absolute atomic E-state index is 4.48. The first-order chi connectivity index (χ1) is 8.22. The van der Waals surface area contributed by atoms with Crippen LogP contribution in [0.2, 0.25) is 0 Å². The maximum Gasteiger partial charge on any atom is 0.113 e. The fourth-order valence-electron chi connectivity index (χ4n) is 2.00. The van der Waals surface area contributed by atoms with E-state index in [4.69, 9.17) is 0 Å². The predicted molar refractivity (Wildman–Crippen MR) is 72.5 cm³/mol. The van der Waals surface area contributed by atoms with Crippen LogP contribution in [0.4, 0.5) is 0 Å². The van der Waals surface area contributed by atoms with Gasteiger partial charge in [0.2, 0.25) is 0 Å². The maximum atomic E-state index is 4.48. The Morgan fingerprint density at radius 2 is 2.35 bits per heavy atom. The van der Waals surface area contributed by atoms with Crippen LogP contribution in [0.15, 0.2) is 23.8 Å². The number of aryl methyl sites for hydroxylation is 1. The monoisotopic (exact) mass is 249 g/mol. The van der Waals surface area contributed by atoms with Gasteiger partial charge in [-0.2, -0.15) is 0 Å². The Morgan fingerprint density at radius 3 is 2.94 bits per heavy atom. The molecule has 0 spiro atoms. The molecule has 0 aliphatic heterocycles. The summed E-state index contributed by atoms with van der Waals surface area (Å²) >= 11 is 1.73. The summed E-state index contributed by atoms with van der Waals surface area (Å²) in [6.07, 6.45) is 5.45. The summed E-state index contributed by atoms with van der Waals surface area (Å²) in [5, 5.41) is 6.59. The van der Waals surface area contributed by atoms with Crippen molar-refractivity contribution in [2.45, 2.75) is 32.9 Å². The normalized spacial score (nSPS) is 12.9. The average Bonchev–Trinajstić information content (AvgIpc) is 2.91. The molecular weight excluding hydrogens is 230 g/mol. The van der Waals surface area contributed by atoms with Crippen molar-refractivity contribution in [3.8, 4) is 0 Å². The van der Waals surface area contributed by atoms with Crippen molar-refractivity contribution in [2.75, 3.05) is 7.05 Å². The van der Waals surface area contributed by atoms with Crippen LogP contribution in [0, 0.1) is 6.92 Å². The zero-order valence-electron chi connectivity index (χ0n) is 10.6. The van der Waals surface area contributed by atoms with Crippen molar-refractivity contribution >= 4 is 11.3 Å². The van der Waals surface area contributed by atoms with Gasteiger partial charge < -0.3 is 9.88 Å². The molecule has 2 aromatic heterocycles. The lowest BCUT2D eigenvalue weighted by Crippen LogP contribution is -2.14. The van der Waals surface area contributed by atoms with E-state index in [-0.39, 0.29) is 0 Å². The Morgan fingerprint density at radius 1 is 1.53 bits per heavy atom. The molecule has 3 nitrogen and oxygen atoms in total. The molecule has 0 saturated carbocycles. The lowest BCUT2D eigenvalue weighted by molar-refractivity contribution is 0.575. The van der Waals surface area contributed by atoms with Crippen molar-refractivity contribution in [3.05, 3.63) is 40.1 Å². The van der Waals surface area contributed by atoms with Crippen LogP contribution >= 0.6 is 11.3 Å². The van der Waals surface area contributed by atoms with Gasteiger partial charge in [-0.25, -0.2) is 4.98 Å². The highest BCUT2D eigenvalue weighted by Gasteiger charge is 2.08. The number of nitrogens with zero attached hydrogens (tertiary/aromatic N) is 2. The van der Waals surface area contributed by atoms with Gasteiger partial charge in [0.15, 0.2) is 0 Å². The van der Waals surface area contributed by atoms with Gasteiger partial charge in [-0.3, -0.25) is 0 Å². The molecule has 0 amide bonds. The van der Waals surface area contributed by atoms with Crippen molar-refractivity contribution < 1.29 is 0 Å². The number of nitrogens with one attached hydrogen (secondary N) is 1. The van der Waals surface area contributed by atoms with Gasteiger partial charge in [0.1, 0.15) is 5.01 Å². The van der Waals surface area contributed by atoms with E-state index in [0.717, 1.165) is 18.7 Å². The fraction of sp³-hybridized carbons (Fsp3) is 0.462. The van der Waals surface area contributed by atoms with Crippen molar-refractivity contribution in [1.29, 1.82) is 0 Å². The van der Waals surface area contributed by atoms with Gasteiger partial charge in [0.25, 0.3) is 0 Å². The number of hydrogen-bond donors (Lipinski definition) is 1. The molecule has 2 heterocycles. The van der Waals surface area contributed by atoms with E-state index in [2.05, 4.69) is 45.6 Å². The Labute approximate surface area is 107 Å². The summed E-state index contributed by atoms with van der Waals surface area (Å²) < 4.78 is 2.20. The third-order valence-corrected chi connectivity index (χ3v) is 3.87. The van der Waals surface area contributed by atoms with Gasteiger partial charge in [-0.15, -0.1) is 11.3 Å². The zero-order valence-corrected chi connectivity index (χ0v) is 11.4.